The number of nitrogens with one attached hydrogen (secondary N) is 1. The summed E-state index contributed by atoms with van der Waals surface area (Å²) in [6.07, 6.45) is 8.85. The fraction of sp³-hybridized carbons (Fsp3) is 0.133. The maximum atomic E-state index is 5.46. The van der Waals surface area contributed by atoms with Crippen molar-refractivity contribution < 1.29 is 0 Å². The third-order valence-corrected chi connectivity index (χ3v) is 2.38. The van der Waals surface area contributed by atoms with Crippen molar-refractivity contribution >= 4 is 11.9 Å². The number of amidine groups is 1. The average Bonchev–Trinajstić information content (AvgIpc) is 2.45. The molecule has 1 aromatic carbocycles. The van der Waals surface area contributed by atoms with E-state index >= 15 is 0 Å². The fourth-order valence-electron chi connectivity index (χ4n) is 1.46. The second-order valence-corrected chi connectivity index (χ2v) is 3.76. The molecule has 19 heavy (non-hydrogen) atoms. The summed E-state index contributed by atoms with van der Waals surface area (Å²) < 4.78 is 0. The second-order valence-electron chi connectivity index (χ2n) is 3.76. The monoisotopic (exact) mass is 256 g/mol. The van der Waals surface area contributed by atoms with Gasteiger partial charge in [-0.15, -0.1) is 6.58 Å². The summed E-state index contributed by atoms with van der Waals surface area (Å²) in [6, 6.07) is 9.90. The van der Waals surface area contributed by atoms with Crippen LogP contribution >= 0.6 is 0 Å². The summed E-state index contributed by atoms with van der Waals surface area (Å²) in [5.41, 5.74) is 11.9. The third-order valence-electron chi connectivity index (χ3n) is 2.38. The minimum absolute atomic E-state index is 0.0734. The first-order valence-corrected chi connectivity index (χ1v) is 6.05. The zero-order valence-electron chi connectivity index (χ0n) is 10.9. The van der Waals surface area contributed by atoms with Gasteiger partial charge in [0.05, 0.1) is 12.7 Å². The molecule has 0 amide bonds. The summed E-state index contributed by atoms with van der Waals surface area (Å²) in [7, 11) is 0. The highest BCUT2D eigenvalue weighted by atomic mass is 15.0. The topological polar surface area (TPSA) is 76.4 Å². The molecule has 5 N–H and O–H groups in total. The highest BCUT2D eigenvalue weighted by Gasteiger charge is 2.00. The molecule has 1 aromatic rings. The Bertz CT molecular complexity index is 460. The van der Waals surface area contributed by atoms with E-state index in [0.717, 1.165) is 5.56 Å². The van der Waals surface area contributed by atoms with Gasteiger partial charge in [0, 0.05) is 0 Å². The van der Waals surface area contributed by atoms with Gasteiger partial charge in [0.15, 0.2) is 0 Å². The van der Waals surface area contributed by atoms with Crippen molar-refractivity contribution in [1.82, 2.24) is 5.32 Å². The molecule has 1 unspecified atom stereocenters. The van der Waals surface area contributed by atoms with Crippen LogP contribution in [0.2, 0.25) is 0 Å². The second kappa shape index (κ2) is 8.72. The molecule has 4 nitrogen and oxygen atoms in total. The van der Waals surface area contributed by atoms with Crippen molar-refractivity contribution in [2.75, 3.05) is 6.67 Å². The van der Waals surface area contributed by atoms with Gasteiger partial charge in [0.2, 0.25) is 0 Å². The van der Waals surface area contributed by atoms with Gasteiger partial charge < -0.3 is 16.8 Å². The Balaban J connectivity index is 2.76. The molecule has 0 aliphatic heterocycles. The van der Waals surface area contributed by atoms with Crippen LogP contribution in [-0.2, 0) is 0 Å². The molecule has 0 aliphatic carbocycles. The SMILES string of the molecule is C=CC(/C=C\N)NC(/C=C\c1ccccc1)=N/CN. The Labute approximate surface area is 114 Å². The molecule has 100 valence electrons. The minimum Gasteiger partial charge on any atom is -0.405 e. The average molecular weight is 256 g/mol. The molecule has 4 heteroatoms. The van der Waals surface area contributed by atoms with Crippen LogP contribution in [0.4, 0.5) is 0 Å². The van der Waals surface area contributed by atoms with Crippen LogP contribution in [-0.4, -0.2) is 18.5 Å². The van der Waals surface area contributed by atoms with Crippen molar-refractivity contribution in [3.05, 3.63) is 66.9 Å². The number of rotatable bonds is 6. The first-order valence-electron chi connectivity index (χ1n) is 6.05. The van der Waals surface area contributed by atoms with E-state index in [1.807, 2.05) is 42.5 Å². The van der Waals surface area contributed by atoms with E-state index in [9.17, 15) is 0 Å². The smallest absolute Gasteiger partial charge is 0.123 e. The number of nitrogens with two attached hydrogens (primary N) is 2. The highest BCUT2D eigenvalue weighted by molar-refractivity contribution is 5.96. The molecule has 1 rings (SSSR count). The van der Waals surface area contributed by atoms with Gasteiger partial charge in [0.25, 0.3) is 0 Å². The van der Waals surface area contributed by atoms with Crippen LogP contribution in [0.5, 0.6) is 0 Å². The molecule has 0 saturated carbocycles. The lowest BCUT2D eigenvalue weighted by atomic mass is 10.2. The van der Waals surface area contributed by atoms with Crippen LogP contribution in [0.25, 0.3) is 6.08 Å². The highest BCUT2D eigenvalue weighted by Crippen LogP contribution is 2.01. The van der Waals surface area contributed by atoms with Gasteiger partial charge in [-0.1, -0.05) is 42.5 Å². The zero-order valence-corrected chi connectivity index (χ0v) is 10.9. The first-order chi connectivity index (χ1) is 9.30. The Kier molecular flexibility index (Phi) is 6.76. The lowest BCUT2D eigenvalue weighted by Crippen LogP contribution is -2.31. The van der Waals surface area contributed by atoms with E-state index in [-0.39, 0.29) is 12.7 Å². The fourth-order valence-corrected chi connectivity index (χ4v) is 1.46. The summed E-state index contributed by atoms with van der Waals surface area (Å²) in [6.45, 7) is 3.95. The molecule has 0 spiro atoms. The van der Waals surface area contributed by atoms with E-state index in [2.05, 4.69) is 16.9 Å². The number of hydrogen-bond acceptors (Lipinski definition) is 3. The summed E-state index contributed by atoms with van der Waals surface area (Å²) in [4.78, 5) is 4.18. The lowest BCUT2D eigenvalue weighted by Gasteiger charge is -2.11. The maximum Gasteiger partial charge on any atom is 0.123 e. The molecule has 0 radical (unpaired) electrons. The number of hydrogen-bond donors (Lipinski definition) is 3. The summed E-state index contributed by atoms with van der Waals surface area (Å²) in [5.74, 6) is 0.689. The van der Waals surface area contributed by atoms with E-state index < -0.39 is 0 Å². The van der Waals surface area contributed by atoms with Crippen LogP contribution in [0.15, 0.2) is 66.3 Å². The van der Waals surface area contributed by atoms with Crippen molar-refractivity contribution in [3.8, 4) is 0 Å². The Morgan fingerprint density at radius 1 is 1.37 bits per heavy atom. The van der Waals surface area contributed by atoms with Crippen molar-refractivity contribution in [3.63, 3.8) is 0 Å². The zero-order chi connectivity index (χ0) is 13.9. The van der Waals surface area contributed by atoms with Crippen LogP contribution < -0.4 is 16.8 Å². The van der Waals surface area contributed by atoms with Crippen LogP contribution in [0.1, 0.15) is 5.56 Å². The van der Waals surface area contributed by atoms with E-state index in [4.69, 9.17) is 11.5 Å². The van der Waals surface area contributed by atoms with E-state index in [1.54, 1.807) is 12.2 Å². The Hall–Kier alpha value is -2.33. The van der Waals surface area contributed by atoms with Crippen LogP contribution in [0.3, 0.4) is 0 Å². The first kappa shape index (κ1) is 14.7. The third kappa shape index (κ3) is 5.70. The normalized spacial score (nSPS) is 13.8. The van der Waals surface area contributed by atoms with Crippen molar-refractivity contribution in [2.45, 2.75) is 6.04 Å². The Morgan fingerprint density at radius 3 is 2.68 bits per heavy atom. The molecule has 0 fully saturated rings. The largest absolute Gasteiger partial charge is 0.405 e. The summed E-state index contributed by atoms with van der Waals surface area (Å²) in [5, 5.41) is 3.17. The van der Waals surface area contributed by atoms with Gasteiger partial charge in [0.1, 0.15) is 5.84 Å². The molecule has 1 atom stereocenters. The molecule has 0 bridgehead atoms. The Morgan fingerprint density at radius 2 is 2.11 bits per heavy atom. The number of benzene rings is 1. The lowest BCUT2D eigenvalue weighted by molar-refractivity contribution is 0.873. The standard InChI is InChI=1S/C15H20N4/c1-2-14(10-11-16)19-15(18-12-17)9-8-13-6-4-3-5-7-13/h2-11,14H,1,12,16-17H2,(H,18,19)/b9-8-,11-10-. The van der Waals surface area contributed by atoms with Gasteiger partial charge in [-0.3, -0.25) is 4.99 Å². The van der Waals surface area contributed by atoms with Crippen LogP contribution in [0, 0.1) is 0 Å². The quantitative estimate of drug-likeness (QED) is 0.411. The number of aliphatic imine (C=N–C) groups is 1. The summed E-state index contributed by atoms with van der Waals surface area (Å²) >= 11 is 0. The van der Waals surface area contributed by atoms with Crippen molar-refractivity contribution in [1.29, 1.82) is 0 Å². The van der Waals surface area contributed by atoms with E-state index in [0.29, 0.717) is 5.84 Å². The number of nitrogens with zero attached hydrogens (tertiary/aromatic N) is 1. The van der Waals surface area contributed by atoms with Gasteiger partial charge in [-0.2, -0.15) is 0 Å². The predicted octanol–water partition coefficient (Wildman–Crippen LogP) is 1.63. The molecule has 0 aromatic heterocycles. The van der Waals surface area contributed by atoms with Gasteiger partial charge in [-0.05, 0) is 23.9 Å². The molecule has 0 aliphatic rings. The van der Waals surface area contributed by atoms with Crippen molar-refractivity contribution in [2.24, 2.45) is 16.5 Å². The minimum atomic E-state index is -0.0734. The van der Waals surface area contributed by atoms with E-state index in [1.165, 1.54) is 6.20 Å². The van der Waals surface area contributed by atoms with Gasteiger partial charge in [-0.25, -0.2) is 0 Å². The van der Waals surface area contributed by atoms with Gasteiger partial charge >= 0.3 is 0 Å². The molecule has 0 saturated heterocycles. The molecular formula is C15H20N4. The predicted molar refractivity (Wildman–Crippen MR) is 82.4 cm³/mol. The molecule has 0 heterocycles. The maximum absolute atomic E-state index is 5.46. The molecular weight excluding hydrogens is 236 g/mol.